The van der Waals surface area contributed by atoms with E-state index in [1.165, 1.54) is 5.57 Å². The highest BCUT2D eigenvalue weighted by atomic mass is 31.3. The van der Waals surface area contributed by atoms with E-state index in [-0.39, 0.29) is 17.6 Å². The first kappa shape index (κ1) is 33.0. The topological polar surface area (TPSA) is 123 Å². The smallest absolute Gasteiger partial charge is 0.481 e. The molecule has 0 aromatic rings. The van der Waals surface area contributed by atoms with Gasteiger partial charge in [-0.15, -0.1) is 0 Å². The van der Waals surface area contributed by atoms with Crippen molar-refractivity contribution in [1.29, 1.82) is 0 Å². The molecule has 0 bridgehead atoms. The van der Waals surface area contributed by atoms with Crippen molar-refractivity contribution in [2.45, 2.75) is 92.6 Å². The predicted molar refractivity (Wildman–Crippen MR) is 137 cm³/mol. The maximum atomic E-state index is 11.6. The summed E-state index contributed by atoms with van der Waals surface area (Å²) in [6.07, 6.45) is 12.7. The Hall–Kier alpha value is -0.980. The van der Waals surface area contributed by atoms with Crippen LogP contribution in [0.5, 0.6) is 0 Å². The van der Waals surface area contributed by atoms with Crippen LogP contribution in [0, 0.1) is 5.41 Å². The molecule has 0 aliphatic heterocycles. The second kappa shape index (κ2) is 14.5. The van der Waals surface area contributed by atoms with Gasteiger partial charge in [-0.3, -0.25) is 4.52 Å². The Kier molecular flexibility index (Phi) is 14.1. The van der Waals surface area contributed by atoms with Crippen molar-refractivity contribution in [3.05, 3.63) is 47.8 Å². The molecule has 0 radical (unpaired) electrons. The Morgan fingerprint density at radius 2 is 1.53 bits per heavy atom. The molecule has 10 heteroatoms. The molecule has 34 heavy (non-hydrogen) atoms. The van der Waals surface area contributed by atoms with Crippen LogP contribution in [0.2, 0.25) is 0 Å². The van der Waals surface area contributed by atoms with Gasteiger partial charge in [0.15, 0.2) is 0 Å². The van der Waals surface area contributed by atoms with Gasteiger partial charge < -0.3 is 19.4 Å². The van der Waals surface area contributed by atoms with E-state index in [0.29, 0.717) is 0 Å². The summed E-state index contributed by atoms with van der Waals surface area (Å²) in [5, 5.41) is 0. The van der Waals surface area contributed by atoms with E-state index in [1.807, 2.05) is 13.0 Å². The normalized spacial score (nSPS) is 19.2. The summed E-state index contributed by atoms with van der Waals surface area (Å²) in [6, 6.07) is 0. The van der Waals surface area contributed by atoms with Gasteiger partial charge >= 0.3 is 15.6 Å². The van der Waals surface area contributed by atoms with E-state index >= 15 is 0 Å². The minimum Gasteiger partial charge on any atom is -0.488 e. The van der Waals surface area contributed by atoms with Crippen molar-refractivity contribution in [3.8, 4) is 0 Å². The second-order valence-electron chi connectivity index (χ2n) is 9.28. The van der Waals surface area contributed by atoms with Gasteiger partial charge in [0.25, 0.3) is 0 Å². The Bertz CT molecular complexity index is 842. The molecule has 0 fully saturated rings. The summed E-state index contributed by atoms with van der Waals surface area (Å²) >= 11 is 0. The lowest BCUT2D eigenvalue weighted by Gasteiger charge is -2.32. The maximum absolute atomic E-state index is 11.6. The lowest BCUT2D eigenvalue weighted by Crippen LogP contribution is -2.27. The molecule has 198 valence electrons. The third-order valence-corrected chi connectivity index (χ3v) is 7.90. The van der Waals surface area contributed by atoms with E-state index < -0.39 is 15.6 Å². The minimum absolute atomic E-state index is 0.0367. The largest absolute Gasteiger partial charge is 0.488 e. The van der Waals surface area contributed by atoms with Crippen LogP contribution in [-0.4, -0.2) is 26.9 Å². The summed E-state index contributed by atoms with van der Waals surface area (Å²) in [5.41, 5.74) is 1.82. The van der Waals surface area contributed by atoms with Crippen molar-refractivity contribution in [1.82, 2.24) is 0 Å². The molecule has 0 aliphatic carbocycles. The number of allylic oxidation sites excluding steroid dienone is 4. The highest BCUT2D eigenvalue weighted by molar-refractivity contribution is 7.60. The lowest BCUT2D eigenvalue weighted by atomic mass is 9.77. The maximum Gasteiger partial charge on any atom is 0.481 e. The molecule has 3 unspecified atom stereocenters. The zero-order valence-corrected chi connectivity index (χ0v) is 23.5. The second-order valence-corrected chi connectivity index (χ2v) is 12.1. The SMILES string of the molecule is C=C/C(=C\CC)OC(C)(CC)C/C(C)=C/CC(C)(CC)C/C(C)=C/COP(=O)(O)OP(=O)(O)O. The van der Waals surface area contributed by atoms with Crippen molar-refractivity contribution < 1.29 is 37.4 Å². The molecule has 0 spiro atoms. The number of rotatable bonds is 17. The van der Waals surface area contributed by atoms with E-state index in [0.717, 1.165) is 49.9 Å². The van der Waals surface area contributed by atoms with Crippen LogP contribution >= 0.6 is 15.6 Å². The number of phosphoric ester groups is 1. The van der Waals surface area contributed by atoms with Crippen LogP contribution in [0.15, 0.2) is 47.8 Å². The molecule has 0 saturated heterocycles. The van der Waals surface area contributed by atoms with E-state index in [9.17, 15) is 14.0 Å². The fourth-order valence-electron chi connectivity index (χ4n) is 3.49. The third kappa shape index (κ3) is 14.4. The van der Waals surface area contributed by atoms with Crippen LogP contribution < -0.4 is 0 Å². The van der Waals surface area contributed by atoms with Crippen LogP contribution in [0.25, 0.3) is 0 Å². The number of hydrogen-bond donors (Lipinski definition) is 3. The van der Waals surface area contributed by atoms with Crippen LogP contribution in [0.4, 0.5) is 0 Å². The first-order valence-electron chi connectivity index (χ1n) is 11.6. The monoisotopic (exact) mass is 522 g/mol. The molecular weight excluding hydrogens is 478 g/mol. The summed E-state index contributed by atoms with van der Waals surface area (Å²) in [6.45, 7) is 18.1. The standard InChI is InChI=1S/C24H44O8P2/c1-9-13-22(10-2)31-24(8,12-4)19-20(5)14-16-23(7,11-3)18-21(6)15-17-30-34(28,29)32-33(25,26)27/h10,13-15H,2,9,11-12,16-19H2,1,3-8H3,(H,28,29)(H2,25,26,27)/b20-14+,21-15+,22-13+. The van der Waals surface area contributed by atoms with Gasteiger partial charge in [0.2, 0.25) is 0 Å². The summed E-state index contributed by atoms with van der Waals surface area (Å²) < 4.78 is 36.9. The van der Waals surface area contributed by atoms with Gasteiger partial charge in [-0.1, -0.05) is 64.0 Å². The van der Waals surface area contributed by atoms with Crippen molar-refractivity contribution >= 4 is 15.6 Å². The Morgan fingerprint density at radius 1 is 0.941 bits per heavy atom. The molecule has 0 heterocycles. The van der Waals surface area contributed by atoms with Gasteiger partial charge in [0.05, 0.1) is 6.61 Å². The molecule has 0 rings (SSSR count). The molecule has 3 N–H and O–H groups in total. The number of ether oxygens (including phenoxy) is 1. The van der Waals surface area contributed by atoms with E-state index in [2.05, 4.69) is 63.0 Å². The third-order valence-electron chi connectivity index (χ3n) is 5.75. The fraction of sp³-hybridized carbons (Fsp3) is 0.667. The van der Waals surface area contributed by atoms with E-state index in [4.69, 9.17) is 14.5 Å². The minimum atomic E-state index is -5.12. The molecule has 0 amide bonds. The Balaban J connectivity index is 5.13. The molecular formula is C24H44O8P2. The highest BCUT2D eigenvalue weighted by Gasteiger charge is 2.32. The van der Waals surface area contributed by atoms with Crippen molar-refractivity contribution in [2.24, 2.45) is 5.41 Å². The van der Waals surface area contributed by atoms with Gasteiger partial charge in [-0.2, -0.15) is 4.31 Å². The average Bonchev–Trinajstić information content (AvgIpc) is 2.70. The van der Waals surface area contributed by atoms with Crippen LogP contribution in [0.1, 0.15) is 87.0 Å². The fourth-order valence-corrected chi connectivity index (χ4v) is 5.01. The molecule has 0 saturated carbocycles. The molecule has 0 aromatic heterocycles. The first-order chi connectivity index (χ1) is 15.5. The Labute approximate surface area is 205 Å². The van der Waals surface area contributed by atoms with Gasteiger partial charge in [0.1, 0.15) is 11.4 Å². The Morgan fingerprint density at radius 3 is 2.00 bits per heavy atom. The summed E-state index contributed by atoms with van der Waals surface area (Å²) in [4.78, 5) is 26.7. The first-order valence-corrected chi connectivity index (χ1v) is 14.6. The molecule has 8 nitrogen and oxygen atoms in total. The van der Waals surface area contributed by atoms with Crippen molar-refractivity contribution in [2.75, 3.05) is 6.61 Å². The highest BCUT2D eigenvalue weighted by Crippen LogP contribution is 2.57. The van der Waals surface area contributed by atoms with Crippen LogP contribution in [-0.2, 0) is 22.7 Å². The number of phosphoric acid groups is 2. The quantitative estimate of drug-likeness (QED) is 0.0784. The summed E-state index contributed by atoms with van der Waals surface area (Å²) in [7, 11) is -9.96. The zero-order chi connectivity index (χ0) is 26.6. The molecule has 0 aromatic carbocycles. The number of hydrogen-bond acceptors (Lipinski definition) is 5. The molecule has 0 aliphatic rings. The average molecular weight is 523 g/mol. The van der Waals surface area contributed by atoms with Gasteiger partial charge in [0, 0.05) is 6.42 Å². The lowest BCUT2D eigenvalue weighted by molar-refractivity contribution is 0.0211. The van der Waals surface area contributed by atoms with Crippen LogP contribution in [0.3, 0.4) is 0 Å². The van der Waals surface area contributed by atoms with Gasteiger partial charge in [-0.25, -0.2) is 9.13 Å². The van der Waals surface area contributed by atoms with Crippen molar-refractivity contribution in [3.63, 3.8) is 0 Å². The van der Waals surface area contributed by atoms with E-state index in [1.54, 1.807) is 12.2 Å². The molecule has 3 atom stereocenters. The van der Waals surface area contributed by atoms with Gasteiger partial charge in [-0.05, 0) is 64.0 Å². The zero-order valence-electron chi connectivity index (χ0n) is 21.7. The predicted octanol–water partition coefficient (Wildman–Crippen LogP) is 7.36. The summed E-state index contributed by atoms with van der Waals surface area (Å²) in [5.74, 6) is 0.805.